The molecule has 1 saturated heterocycles. The Morgan fingerprint density at radius 3 is 1.56 bits per heavy atom. The van der Waals surface area contributed by atoms with Crippen LogP contribution in [0.15, 0.2) is 115 Å². The number of hydrogen-bond acceptors (Lipinski definition) is 12. The minimum atomic E-state index is -1.91. The van der Waals surface area contributed by atoms with Crippen LogP contribution >= 0.6 is 0 Å². The van der Waals surface area contributed by atoms with Gasteiger partial charge in [-0.05, 0) is 59.7 Å². The van der Waals surface area contributed by atoms with Gasteiger partial charge in [0.2, 0.25) is 6.29 Å². The summed E-state index contributed by atoms with van der Waals surface area (Å²) in [5.74, 6) is -2.58. The maximum Gasteiger partial charge on any atom is 0.347 e. The number of carbonyl (C=O) groups is 3. The van der Waals surface area contributed by atoms with Crippen molar-refractivity contribution < 1.29 is 63.2 Å². The molecule has 0 bridgehead atoms. The van der Waals surface area contributed by atoms with Crippen molar-refractivity contribution in [2.75, 3.05) is 0 Å². The normalized spacial score (nSPS) is 17.6. The lowest BCUT2D eigenvalue weighted by atomic mass is 9.98. The first kappa shape index (κ1) is 53.1. The summed E-state index contributed by atoms with van der Waals surface area (Å²) in [6.07, 6.45) is 6.08. The second kappa shape index (κ2) is 27.8. The van der Waals surface area contributed by atoms with Gasteiger partial charge in [-0.25, -0.2) is 14.4 Å². The highest BCUT2D eigenvalue weighted by molar-refractivity contribution is 5.97. The highest BCUT2D eigenvalue weighted by Gasteiger charge is 2.48. The number of esters is 2. The van der Waals surface area contributed by atoms with E-state index >= 15 is 0 Å². The molecule has 70 heavy (non-hydrogen) atoms. The predicted octanol–water partition coefficient (Wildman–Crippen LogP) is 10.6. The van der Waals surface area contributed by atoms with Crippen molar-refractivity contribution in [3.63, 3.8) is 0 Å². The quantitative estimate of drug-likeness (QED) is 0.0211. The Hall–Kier alpha value is -6.25. The highest BCUT2D eigenvalue weighted by Crippen LogP contribution is 2.36. The average molecular weight is 961 g/mol. The zero-order valence-corrected chi connectivity index (χ0v) is 40.3. The van der Waals surface area contributed by atoms with Crippen LogP contribution in [0.1, 0.15) is 139 Å². The summed E-state index contributed by atoms with van der Waals surface area (Å²) >= 11 is 0. The lowest BCUT2D eigenvalue weighted by molar-refractivity contribution is -0.271. The van der Waals surface area contributed by atoms with E-state index in [0.717, 1.165) is 42.4 Å². The zero-order valence-electron chi connectivity index (χ0n) is 40.3. The molecule has 4 N–H and O–H groups in total. The summed E-state index contributed by atoms with van der Waals surface area (Å²) in [7, 11) is 0. The number of hydrogen-bond donors (Lipinski definition) is 4. The third kappa shape index (κ3) is 15.9. The van der Waals surface area contributed by atoms with Gasteiger partial charge in [-0.2, -0.15) is 0 Å². The Balaban J connectivity index is 1.29. The van der Waals surface area contributed by atoms with Crippen LogP contribution in [0.2, 0.25) is 0 Å². The molecule has 5 aromatic rings. The Kier molecular flexibility index (Phi) is 21.1. The van der Waals surface area contributed by atoms with E-state index in [1.54, 1.807) is 19.1 Å². The number of rotatable bonds is 28. The topological polar surface area (TPSA) is 188 Å². The fourth-order valence-corrected chi connectivity index (χ4v) is 8.45. The molecule has 0 aliphatic carbocycles. The van der Waals surface area contributed by atoms with E-state index in [1.807, 2.05) is 91.0 Å². The lowest BCUT2D eigenvalue weighted by Gasteiger charge is -2.38. The molecule has 5 aromatic carbocycles. The SMILES string of the molecule is CCCCCCCCCCCCCCCc1cc(O[C@@H]2O[C@H](C(=O)O)[C@@H](O)[C@H](O)[C@H]2O)cc(OCc2ccccc2)c1C(=O)Oc1cc(C)c(C(=O)OCc2ccccc2)c(OCc2ccccc2)c1. The van der Waals surface area contributed by atoms with Crippen molar-refractivity contribution >= 4 is 17.9 Å². The fraction of sp³-hybridized carbons (Fsp3) is 0.421. The van der Waals surface area contributed by atoms with E-state index in [1.165, 1.54) is 63.5 Å². The number of aliphatic carboxylic acids is 1. The van der Waals surface area contributed by atoms with Crippen molar-refractivity contribution in [3.8, 4) is 23.0 Å². The van der Waals surface area contributed by atoms with Gasteiger partial charge in [0.25, 0.3) is 0 Å². The van der Waals surface area contributed by atoms with Gasteiger partial charge in [0.1, 0.15) is 72.3 Å². The number of unbranched alkanes of at least 4 members (excludes halogenated alkanes) is 12. The van der Waals surface area contributed by atoms with Crippen LogP contribution in [0.25, 0.3) is 0 Å². The molecule has 374 valence electrons. The van der Waals surface area contributed by atoms with Crippen molar-refractivity contribution in [3.05, 3.63) is 154 Å². The third-order valence-electron chi connectivity index (χ3n) is 12.4. The molecule has 6 rings (SSSR count). The summed E-state index contributed by atoms with van der Waals surface area (Å²) in [5.41, 5.74) is 3.66. The first-order valence-electron chi connectivity index (χ1n) is 24.7. The maximum atomic E-state index is 14.8. The van der Waals surface area contributed by atoms with E-state index in [-0.39, 0.29) is 53.9 Å². The van der Waals surface area contributed by atoms with Crippen LogP contribution in [0.4, 0.5) is 0 Å². The molecule has 13 nitrogen and oxygen atoms in total. The van der Waals surface area contributed by atoms with E-state index in [2.05, 4.69) is 6.92 Å². The zero-order chi connectivity index (χ0) is 49.7. The largest absolute Gasteiger partial charge is 0.488 e. The van der Waals surface area contributed by atoms with Crippen LogP contribution < -0.4 is 18.9 Å². The second-order valence-corrected chi connectivity index (χ2v) is 17.9. The minimum absolute atomic E-state index is 0.0354. The highest BCUT2D eigenvalue weighted by atomic mass is 16.7. The maximum absolute atomic E-state index is 14.8. The first-order chi connectivity index (χ1) is 34.0. The Labute approximate surface area is 411 Å². The number of carboxylic acids is 1. The fourth-order valence-electron chi connectivity index (χ4n) is 8.45. The summed E-state index contributed by atoms with van der Waals surface area (Å²) in [5, 5.41) is 41.5. The molecule has 0 spiro atoms. The Morgan fingerprint density at radius 2 is 1.03 bits per heavy atom. The number of carbonyl (C=O) groups excluding carboxylic acids is 2. The number of ether oxygens (including phenoxy) is 6. The van der Waals surface area contributed by atoms with Gasteiger partial charge in [-0.1, -0.05) is 175 Å². The monoisotopic (exact) mass is 960 g/mol. The number of aliphatic hydroxyl groups is 3. The van der Waals surface area contributed by atoms with Gasteiger partial charge in [-0.15, -0.1) is 0 Å². The molecule has 0 amide bonds. The number of carboxylic acid groups (broad SMARTS) is 1. The van der Waals surface area contributed by atoms with Crippen LogP contribution in [0.5, 0.6) is 23.0 Å². The predicted molar refractivity (Wildman–Crippen MR) is 264 cm³/mol. The van der Waals surface area contributed by atoms with Crippen molar-refractivity contribution in [2.24, 2.45) is 0 Å². The smallest absolute Gasteiger partial charge is 0.347 e. The van der Waals surface area contributed by atoms with Crippen molar-refractivity contribution in [1.82, 2.24) is 0 Å². The Bertz CT molecular complexity index is 2390. The summed E-state index contributed by atoms with van der Waals surface area (Å²) < 4.78 is 36.1. The lowest BCUT2D eigenvalue weighted by Crippen LogP contribution is -2.61. The van der Waals surface area contributed by atoms with Crippen LogP contribution in [-0.2, 0) is 40.5 Å². The second-order valence-electron chi connectivity index (χ2n) is 17.9. The first-order valence-corrected chi connectivity index (χ1v) is 24.7. The van der Waals surface area contributed by atoms with Gasteiger partial charge in [0.05, 0.1) is 0 Å². The molecule has 5 atom stereocenters. The molecule has 1 fully saturated rings. The van der Waals surface area contributed by atoms with E-state index in [4.69, 9.17) is 28.4 Å². The Morgan fingerprint density at radius 1 is 0.543 bits per heavy atom. The van der Waals surface area contributed by atoms with Crippen molar-refractivity contribution in [1.29, 1.82) is 0 Å². The van der Waals surface area contributed by atoms with Crippen molar-refractivity contribution in [2.45, 2.75) is 154 Å². The molecule has 0 unspecified atom stereocenters. The number of aliphatic hydroxyl groups excluding tert-OH is 3. The molecule has 0 aromatic heterocycles. The average Bonchev–Trinajstić information content (AvgIpc) is 3.36. The molecule has 0 saturated carbocycles. The van der Waals surface area contributed by atoms with E-state index in [9.17, 15) is 34.8 Å². The van der Waals surface area contributed by atoms with Gasteiger partial charge >= 0.3 is 17.9 Å². The number of benzene rings is 5. The molecule has 0 radical (unpaired) electrons. The van der Waals surface area contributed by atoms with E-state index in [0.29, 0.717) is 24.0 Å². The standard InChI is InChI=1S/C57H68O13/c1-3-4-5-6-7-8-9-10-11-12-13-14-24-31-43-33-45(69-57-52(60)50(58)51(59)53(70-57)54(61)62)35-47(66-37-41-27-20-16-21-28-41)49(43)56(64)68-44-32-39(2)48(55(63)67-38-42-29-22-17-23-30-42)46(34-44)65-36-40-25-18-15-19-26-40/h15-23,25-30,32-35,50-53,57-60H,3-14,24,31,36-38H2,1-2H3,(H,61,62)/t50-,51-,52+,53-,57+/m0/s1. The number of aryl methyl sites for hydroxylation is 2. The summed E-state index contributed by atoms with van der Waals surface area (Å²) in [6, 6.07) is 34.1. The summed E-state index contributed by atoms with van der Waals surface area (Å²) in [6.45, 7) is 4.12. The van der Waals surface area contributed by atoms with Gasteiger partial charge in [0, 0.05) is 12.1 Å². The van der Waals surface area contributed by atoms with Gasteiger partial charge in [0.15, 0.2) is 6.10 Å². The van der Waals surface area contributed by atoms with Crippen LogP contribution in [0.3, 0.4) is 0 Å². The van der Waals surface area contributed by atoms with Gasteiger partial charge < -0.3 is 48.8 Å². The molecular formula is C57H68O13. The molecule has 13 heteroatoms. The van der Waals surface area contributed by atoms with Crippen LogP contribution in [-0.4, -0.2) is 69.0 Å². The van der Waals surface area contributed by atoms with Crippen LogP contribution in [0, 0.1) is 6.92 Å². The van der Waals surface area contributed by atoms with Gasteiger partial charge in [-0.3, -0.25) is 0 Å². The molecular weight excluding hydrogens is 893 g/mol. The molecule has 1 aliphatic rings. The summed E-state index contributed by atoms with van der Waals surface area (Å²) in [4.78, 5) is 40.5. The van der Waals surface area contributed by atoms with E-state index < -0.39 is 48.6 Å². The molecule has 1 aliphatic heterocycles. The molecule has 1 heterocycles. The third-order valence-corrected chi connectivity index (χ3v) is 12.4. The minimum Gasteiger partial charge on any atom is -0.488 e.